The molecule has 0 unspecified atom stereocenters. The minimum absolute atomic E-state index is 0.0866. The van der Waals surface area contributed by atoms with E-state index in [9.17, 15) is 4.79 Å². The molecule has 0 fully saturated rings. The first-order chi connectivity index (χ1) is 10.1. The quantitative estimate of drug-likeness (QED) is 0.413. The minimum Gasteiger partial charge on any atom is -0.294 e. The molecule has 0 amide bonds. The first-order valence-electron chi connectivity index (χ1n) is 6.46. The number of benzene rings is 2. The van der Waals surface area contributed by atoms with Crippen LogP contribution in [0.3, 0.4) is 0 Å². The predicted octanol–water partition coefficient (Wildman–Crippen LogP) is 5.03. The highest BCUT2D eigenvalue weighted by Gasteiger charge is 2.12. The molecule has 0 aliphatic heterocycles. The number of carbonyl (C=O) groups is 1. The Morgan fingerprint density at radius 2 is 1.90 bits per heavy atom. The lowest BCUT2D eigenvalue weighted by atomic mass is 10.1. The van der Waals surface area contributed by atoms with Gasteiger partial charge in [0.15, 0.2) is 5.78 Å². The monoisotopic (exact) mass is 451 g/mol. The Hall–Kier alpha value is -1.27. The fraction of sp³-hybridized carbons (Fsp3) is 0.0588. The van der Waals surface area contributed by atoms with Crippen molar-refractivity contribution >= 4 is 55.2 Å². The van der Waals surface area contributed by atoms with Crippen molar-refractivity contribution in [3.05, 3.63) is 73.9 Å². The van der Waals surface area contributed by atoms with Gasteiger partial charge in [0.25, 0.3) is 0 Å². The largest absolute Gasteiger partial charge is 0.294 e. The van der Waals surface area contributed by atoms with Crippen LogP contribution in [0.4, 0.5) is 0 Å². The highest BCUT2D eigenvalue weighted by atomic mass is 127. The fourth-order valence-electron chi connectivity index (χ4n) is 2.18. The van der Waals surface area contributed by atoms with Crippen molar-refractivity contribution in [2.75, 3.05) is 0 Å². The first kappa shape index (κ1) is 14.7. The molecule has 1 aromatic heterocycles. The summed E-state index contributed by atoms with van der Waals surface area (Å²) in [5.41, 5.74) is 2.46. The number of aromatic nitrogens is 1. The molecule has 21 heavy (non-hydrogen) atoms. The van der Waals surface area contributed by atoms with E-state index in [1.54, 1.807) is 0 Å². The molecule has 0 saturated carbocycles. The van der Waals surface area contributed by atoms with Crippen LogP contribution < -0.4 is 0 Å². The number of hydrogen-bond donors (Lipinski definition) is 0. The third kappa shape index (κ3) is 3.32. The Balaban J connectivity index is 1.90. The van der Waals surface area contributed by atoms with Crippen molar-refractivity contribution in [1.29, 1.82) is 0 Å². The second-order valence-corrected chi connectivity index (χ2v) is 6.80. The summed E-state index contributed by atoms with van der Waals surface area (Å²) >= 11 is 5.60. The standard InChI is InChI=1S/C17H11BrINO/c18-12-6-8-15(19)14(9-12)17(21)10-13-7-5-11-3-1-2-4-16(11)20-13/h1-9H,10H2. The van der Waals surface area contributed by atoms with Gasteiger partial charge in [-0.3, -0.25) is 9.78 Å². The second-order valence-electron chi connectivity index (χ2n) is 4.72. The number of nitrogens with zero attached hydrogens (tertiary/aromatic N) is 1. The van der Waals surface area contributed by atoms with Gasteiger partial charge in [-0.15, -0.1) is 0 Å². The Kier molecular flexibility index (Phi) is 4.35. The van der Waals surface area contributed by atoms with Crippen LogP contribution in [0.15, 0.2) is 59.1 Å². The number of pyridine rings is 1. The van der Waals surface area contributed by atoms with E-state index in [1.807, 2.05) is 54.6 Å². The summed E-state index contributed by atoms with van der Waals surface area (Å²) in [5, 5.41) is 1.09. The number of para-hydroxylation sites is 1. The number of hydrogen-bond acceptors (Lipinski definition) is 2. The molecule has 2 aromatic carbocycles. The van der Waals surface area contributed by atoms with Crippen molar-refractivity contribution in [1.82, 2.24) is 4.98 Å². The van der Waals surface area contributed by atoms with Gasteiger partial charge in [0.2, 0.25) is 0 Å². The van der Waals surface area contributed by atoms with Crippen LogP contribution in [0.2, 0.25) is 0 Å². The fourth-order valence-corrected chi connectivity index (χ4v) is 3.17. The summed E-state index contributed by atoms with van der Waals surface area (Å²) in [4.78, 5) is 17.0. The van der Waals surface area contributed by atoms with E-state index in [0.29, 0.717) is 6.42 Å². The molecule has 2 nitrogen and oxygen atoms in total. The second kappa shape index (κ2) is 6.23. The predicted molar refractivity (Wildman–Crippen MR) is 96.6 cm³/mol. The third-order valence-corrected chi connectivity index (χ3v) is 4.66. The molecule has 0 radical (unpaired) electrons. The van der Waals surface area contributed by atoms with Crippen LogP contribution in [0.25, 0.3) is 10.9 Å². The Labute approximate surface area is 144 Å². The third-order valence-electron chi connectivity index (χ3n) is 3.23. The van der Waals surface area contributed by atoms with Gasteiger partial charge < -0.3 is 0 Å². The van der Waals surface area contributed by atoms with Gasteiger partial charge in [-0.05, 0) is 52.9 Å². The van der Waals surface area contributed by atoms with Gasteiger partial charge in [0, 0.05) is 24.7 Å². The van der Waals surface area contributed by atoms with Crippen LogP contribution in [-0.4, -0.2) is 10.8 Å². The maximum absolute atomic E-state index is 12.5. The molecule has 0 N–H and O–H groups in total. The number of Topliss-reactive ketones (excluding diaryl/α,β-unsaturated/α-hetero) is 1. The Bertz CT molecular complexity index is 832. The van der Waals surface area contributed by atoms with Gasteiger partial charge >= 0.3 is 0 Å². The summed E-state index contributed by atoms with van der Waals surface area (Å²) in [7, 11) is 0. The summed E-state index contributed by atoms with van der Waals surface area (Å²) in [5.74, 6) is 0.0866. The number of carbonyl (C=O) groups excluding carboxylic acids is 1. The smallest absolute Gasteiger partial charge is 0.169 e. The molecule has 0 bridgehead atoms. The van der Waals surface area contributed by atoms with E-state index >= 15 is 0 Å². The van der Waals surface area contributed by atoms with E-state index in [4.69, 9.17) is 0 Å². The molecule has 0 saturated heterocycles. The van der Waals surface area contributed by atoms with E-state index in [1.165, 1.54) is 0 Å². The lowest BCUT2D eigenvalue weighted by Crippen LogP contribution is -2.07. The topological polar surface area (TPSA) is 30.0 Å². The zero-order chi connectivity index (χ0) is 14.8. The van der Waals surface area contributed by atoms with E-state index in [2.05, 4.69) is 43.5 Å². The minimum atomic E-state index is 0.0866. The average Bonchev–Trinajstić information content (AvgIpc) is 2.49. The Morgan fingerprint density at radius 3 is 2.76 bits per heavy atom. The molecule has 0 aliphatic carbocycles. The van der Waals surface area contributed by atoms with E-state index in [-0.39, 0.29) is 5.78 Å². The van der Waals surface area contributed by atoms with Crippen LogP contribution in [0.1, 0.15) is 16.1 Å². The molecule has 3 aromatic rings. The van der Waals surface area contributed by atoms with Crippen LogP contribution in [0, 0.1) is 3.57 Å². The van der Waals surface area contributed by atoms with Gasteiger partial charge in [0.1, 0.15) is 0 Å². The van der Waals surface area contributed by atoms with Crippen molar-refractivity contribution in [2.24, 2.45) is 0 Å². The number of ketones is 1. The molecule has 0 aliphatic rings. The Morgan fingerprint density at radius 1 is 1.10 bits per heavy atom. The van der Waals surface area contributed by atoms with Crippen LogP contribution >= 0.6 is 38.5 Å². The van der Waals surface area contributed by atoms with Crippen LogP contribution in [0.5, 0.6) is 0 Å². The van der Waals surface area contributed by atoms with Crippen molar-refractivity contribution in [3.63, 3.8) is 0 Å². The lowest BCUT2D eigenvalue weighted by Gasteiger charge is -2.05. The van der Waals surface area contributed by atoms with Crippen LogP contribution in [-0.2, 0) is 6.42 Å². The maximum Gasteiger partial charge on any atom is 0.169 e. The van der Waals surface area contributed by atoms with Crippen molar-refractivity contribution in [2.45, 2.75) is 6.42 Å². The molecule has 1 heterocycles. The SMILES string of the molecule is O=C(Cc1ccc2ccccc2n1)c1cc(Br)ccc1I. The molecule has 0 atom stereocenters. The van der Waals surface area contributed by atoms with Gasteiger partial charge in [-0.2, -0.15) is 0 Å². The van der Waals surface area contributed by atoms with E-state index in [0.717, 1.165) is 30.2 Å². The summed E-state index contributed by atoms with van der Waals surface area (Å²) in [6.07, 6.45) is 0.317. The van der Waals surface area contributed by atoms with Gasteiger partial charge in [0.05, 0.1) is 11.9 Å². The zero-order valence-electron chi connectivity index (χ0n) is 11.0. The number of fused-ring (bicyclic) bond motifs is 1. The molecule has 0 spiro atoms. The highest BCUT2D eigenvalue weighted by molar-refractivity contribution is 14.1. The molecule has 104 valence electrons. The molecular formula is C17H11BrINO. The summed E-state index contributed by atoms with van der Waals surface area (Å²) in [6.45, 7) is 0. The first-order valence-corrected chi connectivity index (χ1v) is 8.33. The number of halogens is 2. The van der Waals surface area contributed by atoms with Crippen molar-refractivity contribution < 1.29 is 4.79 Å². The maximum atomic E-state index is 12.5. The molecular weight excluding hydrogens is 441 g/mol. The zero-order valence-corrected chi connectivity index (χ0v) is 14.8. The molecule has 3 rings (SSSR count). The lowest BCUT2D eigenvalue weighted by molar-refractivity contribution is 0.0991. The number of rotatable bonds is 3. The van der Waals surface area contributed by atoms with Gasteiger partial charge in [-0.1, -0.05) is 40.2 Å². The molecule has 4 heteroatoms. The highest BCUT2D eigenvalue weighted by Crippen LogP contribution is 2.20. The van der Waals surface area contributed by atoms with Gasteiger partial charge in [-0.25, -0.2) is 0 Å². The summed E-state index contributed by atoms with van der Waals surface area (Å²) in [6, 6.07) is 17.6. The normalized spacial score (nSPS) is 10.8. The summed E-state index contributed by atoms with van der Waals surface area (Å²) < 4.78 is 1.87. The van der Waals surface area contributed by atoms with E-state index < -0.39 is 0 Å². The average molecular weight is 452 g/mol. The van der Waals surface area contributed by atoms with Crippen molar-refractivity contribution in [3.8, 4) is 0 Å².